The van der Waals surface area contributed by atoms with E-state index in [1.165, 1.54) is 13.0 Å². The second-order valence-electron chi connectivity index (χ2n) is 10.3. The minimum absolute atomic E-state index is 0.0267. The maximum atomic E-state index is 15.3. The highest BCUT2D eigenvalue weighted by Gasteiger charge is 2.39. The summed E-state index contributed by atoms with van der Waals surface area (Å²) in [6.07, 6.45) is 1.79. The van der Waals surface area contributed by atoms with Crippen LogP contribution in [0.1, 0.15) is 71.3 Å². The van der Waals surface area contributed by atoms with Gasteiger partial charge in [0.05, 0.1) is 35.8 Å². The second kappa shape index (κ2) is 7.94. The van der Waals surface area contributed by atoms with Gasteiger partial charge in [-0.3, -0.25) is 14.4 Å². The number of ether oxygens (including phenoxy) is 1. The zero-order valence-corrected chi connectivity index (χ0v) is 19.7. The van der Waals surface area contributed by atoms with E-state index in [2.05, 4.69) is 19.2 Å². The SMILES string of the molecule is CC(=O)N1CC[C@H](Nc2cc(-n3c4c(c5c3CC(C)(C)CC5=O)COC4)cc(F)c2C(N)=O)C1. The molecule has 3 N–H and O–H groups in total. The van der Waals surface area contributed by atoms with Crippen molar-refractivity contribution in [3.05, 3.63) is 46.0 Å². The number of ketones is 1. The molecule has 1 aromatic heterocycles. The van der Waals surface area contributed by atoms with Gasteiger partial charge in [-0.1, -0.05) is 13.8 Å². The van der Waals surface area contributed by atoms with Crippen LogP contribution >= 0.6 is 0 Å². The number of nitrogens with one attached hydrogen (secondary N) is 1. The van der Waals surface area contributed by atoms with Crippen LogP contribution in [0.5, 0.6) is 0 Å². The van der Waals surface area contributed by atoms with Crippen molar-refractivity contribution in [3.8, 4) is 5.69 Å². The number of hydrogen-bond acceptors (Lipinski definition) is 5. The Hall–Kier alpha value is -3.20. The van der Waals surface area contributed by atoms with Crippen LogP contribution in [0, 0.1) is 11.2 Å². The van der Waals surface area contributed by atoms with Gasteiger partial charge in [0.2, 0.25) is 5.91 Å². The van der Waals surface area contributed by atoms with Crippen molar-refractivity contribution in [3.63, 3.8) is 0 Å². The number of aromatic nitrogens is 1. The Morgan fingerprint density at radius 1 is 1.21 bits per heavy atom. The number of nitrogens with two attached hydrogens (primary N) is 1. The molecule has 1 aromatic carbocycles. The van der Waals surface area contributed by atoms with E-state index in [0.29, 0.717) is 56.8 Å². The largest absolute Gasteiger partial charge is 0.380 e. The van der Waals surface area contributed by atoms with Gasteiger partial charge in [0.25, 0.3) is 5.91 Å². The summed E-state index contributed by atoms with van der Waals surface area (Å²) in [4.78, 5) is 38.6. The molecule has 180 valence electrons. The maximum absolute atomic E-state index is 15.3. The van der Waals surface area contributed by atoms with E-state index in [1.54, 1.807) is 11.0 Å². The fraction of sp³-hybridized carbons (Fsp3) is 0.480. The molecule has 0 radical (unpaired) electrons. The topological polar surface area (TPSA) is 107 Å². The Bertz CT molecular complexity index is 1230. The Kier molecular flexibility index (Phi) is 5.27. The molecule has 0 saturated carbocycles. The van der Waals surface area contributed by atoms with Crippen molar-refractivity contribution in [2.24, 2.45) is 11.1 Å². The molecule has 2 aliphatic heterocycles. The number of halogens is 1. The number of rotatable bonds is 4. The highest BCUT2D eigenvalue weighted by atomic mass is 19.1. The first-order chi connectivity index (χ1) is 16.1. The lowest BCUT2D eigenvalue weighted by molar-refractivity contribution is -0.127. The van der Waals surface area contributed by atoms with Crippen molar-refractivity contribution in [2.75, 3.05) is 18.4 Å². The number of hydrogen-bond donors (Lipinski definition) is 2. The Labute approximate surface area is 197 Å². The first-order valence-corrected chi connectivity index (χ1v) is 11.6. The third kappa shape index (κ3) is 3.68. The van der Waals surface area contributed by atoms with Crippen molar-refractivity contribution in [1.29, 1.82) is 0 Å². The first kappa shape index (κ1) is 22.6. The highest BCUT2D eigenvalue weighted by molar-refractivity contribution is 6.01. The Balaban J connectivity index is 1.62. The third-order valence-electron chi connectivity index (χ3n) is 7.10. The van der Waals surface area contributed by atoms with E-state index in [9.17, 15) is 14.4 Å². The molecule has 0 bridgehead atoms. The van der Waals surface area contributed by atoms with Crippen LogP contribution in [0.2, 0.25) is 0 Å². The van der Waals surface area contributed by atoms with Crippen LogP contribution < -0.4 is 11.1 Å². The molecular formula is C25H29FN4O4. The molecule has 8 nitrogen and oxygen atoms in total. The van der Waals surface area contributed by atoms with Crippen LogP contribution in [0.4, 0.5) is 10.1 Å². The molecule has 34 heavy (non-hydrogen) atoms. The number of nitrogens with zero attached hydrogens (tertiary/aromatic N) is 2. The molecule has 1 aliphatic carbocycles. The molecule has 3 heterocycles. The number of carbonyl (C=O) groups is 3. The summed E-state index contributed by atoms with van der Waals surface area (Å²) >= 11 is 0. The second-order valence-corrected chi connectivity index (χ2v) is 10.3. The van der Waals surface area contributed by atoms with Crippen LogP contribution in [0.3, 0.4) is 0 Å². The first-order valence-electron chi connectivity index (χ1n) is 11.6. The van der Waals surface area contributed by atoms with Crippen molar-refractivity contribution < 1.29 is 23.5 Å². The Morgan fingerprint density at radius 2 is 1.97 bits per heavy atom. The predicted molar refractivity (Wildman–Crippen MR) is 123 cm³/mol. The quantitative estimate of drug-likeness (QED) is 0.718. The summed E-state index contributed by atoms with van der Waals surface area (Å²) in [6.45, 7) is 7.35. The molecule has 1 fully saturated rings. The number of amides is 2. The van der Waals surface area contributed by atoms with Gasteiger partial charge in [0, 0.05) is 49.3 Å². The summed E-state index contributed by atoms with van der Waals surface area (Å²) in [5, 5.41) is 3.25. The van der Waals surface area contributed by atoms with Gasteiger partial charge in [-0.05, 0) is 30.4 Å². The summed E-state index contributed by atoms with van der Waals surface area (Å²) in [6, 6.07) is 2.88. The van der Waals surface area contributed by atoms with Gasteiger partial charge >= 0.3 is 0 Å². The van der Waals surface area contributed by atoms with Gasteiger partial charge in [-0.15, -0.1) is 0 Å². The number of Topliss-reactive ketones (excluding diaryl/α,β-unsaturated/α-hetero) is 1. The molecule has 3 aliphatic rings. The van der Waals surface area contributed by atoms with Gasteiger partial charge in [-0.2, -0.15) is 0 Å². The van der Waals surface area contributed by atoms with E-state index in [4.69, 9.17) is 10.5 Å². The number of primary amides is 1. The maximum Gasteiger partial charge on any atom is 0.253 e. The molecule has 9 heteroatoms. The highest BCUT2D eigenvalue weighted by Crippen LogP contribution is 2.42. The van der Waals surface area contributed by atoms with Crippen LogP contribution in [0.15, 0.2) is 12.1 Å². The van der Waals surface area contributed by atoms with Crippen molar-refractivity contribution >= 4 is 23.3 Å². The fourth-order valence-electron chi connectivity index (χ4n) is 5.60. The van der Waals surface area contributed by atoms with Crippen LogP contribution in [-0.2, 0) is 29.2 Å². The van der Waals surface area contributed by atoms with Crippen molar-refractivity contribution in [1.82, 2.24) is 9.47 Å². The number of carbonyl (C=O) groups excluding carboxylic acids is 3. The zero-order chi connectivity index (χ0) is 24.4. The molecule has 5 rings (SSSR count). The van der Waals surface area contributed by atoms with E-state index in [0.717, 1.165) is 17.0 Å². The van der Waals surface area contributed by atoms with Crippen molar-refractivity contribution in [2.45, 2.75) is 59.3 Å². The number of likely N-dealkylation sites (tertiary alicyclic amines) is 1. The lowest BCUT2D eigenvalue weighted by Gasteiger charge is -2.30. The molecule has 2 amide bonds. The lowest BCUT2D eigenvalue weighted by Crippen LogP contribution is -2.30. The molecule has 1 saturated heterocycles. The molecule has 0 unspecified atom stereocenters. The average Bonchev–Trinajstić information content (AvgIpc) is 3.41. The van der Waals surface area contributed by atoms with Gasteiger partial charge < -0.3 is 25.3 Å². The summed E-state index contributed by atoms with van der Waals surface area (Å²) < 4.78 is 22.9. The minimum Gasteiger partial charge on any atom is -0.380 e. The van der Waals surface area contributed by atoms with E-state index >= 15 is 4.39 Å². The minimum atomic E-state index is -0.868. The molecule has 0 spiro atoms. The molecule has 1 atom stereocenters. The lowest BCUT2D eigenvalue weighted by atomic mass is 9.75. The average molecular weight is 469 g/mol. The monoisotopic (exact) mass is 468 g/mol. The Morgan fingerprint density at radius 3 is 2.65 bits per heavy atom. The van der Waals surface area contributed by atoms with Gasteiger partial charge in [0.1, 0.15) is 5.82 Å². The fourth-order valence-corrected chi connectivity index (χ4v) is 5.60. The normalized spacial score (nSPS) is 20.9. The van der Waals surface area contributed by atoms with E-state index in [-0.39, 0.29) is 34.4 Å². The zero-order valence-electron chi connectivity index (χ0n) is 19.7. The van der Waals surface area contributed by atoms with Gasteiger partial charge in [0.15, 0.2) is 5.78 Å². The smallest absolute Gasteiger partial charge is 0.253 e. The number of fused-ring (bicyclic) bond motifs is 3. The summed E-state index contributed by atoms with van der Waals surface area (Å²) in [5.41, 5.74) is 9.16. The summed E-state index contributed by atoms with van der Waals surface area (Å²) in [5.74, 6) is -1.55. The van der Waals surface area contributed by atoms with Crippen LogP contribution in [0.25, 0.3) is 5.69 Å². The summed E-state index contributed by atoms with van der Waals surface area (Å²) in [7, 11) is 0. The number of benzene rings is 1. The molecular weight excluding hydrogens is 439 g/mol. The van der Waals surface area contributed by atoms with Crippen LogP contribution in [-0.4, -0.2) is 46.2 Å². The predicted octanol–water partition coefficient (Wildman–Crippen LogP) is 2.93. The van der Waals surface area contributed by atoms with E-state index in [1.807, 2.05) is 4.57 Å². The molecule has 2 aromatic rings. The number of anilines is 1. The van der Waals surface area contributed by atoms with E-state index < -0.39 is 11.7 Å². The third-order valence-corrected chi connectivity index (χ3v) is 7.10. The van der Waals surface area contributed by atoms with Gasteiger partial charge in [-0.25, -0.2) is 4.39 Å². The standard InChI is InChI=1S/C25H29FN4O4/c1-13(31)29-5-4-14(10-29)28-18-7-15(6-17(26)23(18)24(27)33)30-19-8-25(2,3)9-21(32)22(19)16-11-34-12-20(16)30/h6-7,14,28H,4-5,8-12H2,1-3H3,(H2,27,33)/t14-/m0/s1.